The molecule has 0 radical (unpaired) electrons. The zero-order valence-corrected chi connectivity index (χ0v) is 18.8. The highest BCUT2D eigenvalue weighted by Crippen LogP contribution is 2.19. The second kappa shape index (κ2) is 10.5. The van der Waals surface area contributed by atoms with Crippen LogP contribution in [0, 0.1) is 0 Å². The molecule has 0 unspecified atom stereocenters. The number of carbonyl (C=O) groups is 3. The van der Waals surface area contributed by atoms with Crippen LogP contribution in [0.4, 0.5) is 5.69 Å². The SMILES string of the molecule is CCn1cc(NC(=O)c2ccc(COc3ccc(C(=O)OC)cc3)o2)c(C(=O)OC(C)C)n1. The number of methoxy groups -OCH3 is 1. The number of nitrogens with zero attached hydrogens (tertiary/aromatic N) is 2. The fraction of sp³-hybridized carbons (Fsp3) is 0.304. The minimum absolute atomic E-state index is 0.0180. The van der Waals surface area contributed by atoms with Gasteiger partial charge < -0.3 is 23.9 Å². The van der Waals surface area contributed by atoms with Gasteiger partial charge in [-0.2, -0.15) is 5.10 Å². The highest BCUT2D eigenvalue weighted by molar-refractivity contribution is 6.06. The summed E-state index contributed by atoms with van der Waals surface area (Å²) in [5, 5.41) is 6.81. The first-order valence-corrected chi connectivity index (χ1v) is 10.3. The summed E-state index contributed by atoms with van der Waals surface area (Å²) in [7, 11) is 1.31. The van der Waals surface area contributed by atoms with Crippen molar-refractivity contribution < 1.29 is 33.0 Å². The number of anilines is 1. The van der Waals surface area contributed by atoms with Crippen molar-refractivity contribution in [3.8, 4) is 5.75 Å². The number of furan rings is 1. The molecule has 0 aliphatic heterocycles. The molecule has 2 heterocycles. The maximum absolute atomic E-state index is 12.6. The van der Waals surface area contributed by atoms with Crippen LogP contribution < -0.4 is 10.1 Å². The largest absolute Gasteiger partial charge is 0.486 e. The highest BCUT2D eigenvalue weighted by atomic mass is 16.5. The summed E-state index contributed by atoms with van der Waals surface area (Å²) < 4.78 is 22.6. The van der Waals surface area contributed by atoms with Crippen LogP contribution >= 0.6 is 0 Å². The lowest BCUT2D eigenvalue weighted by Gasteiger charge is -2.07. The summed E-state index contributed by atoms with van der Waals surface area (Å²) in [4.78, 5) is 36.4. The van der Waals surface area contributed by atoms with Gasteiger partial charge in [0, 0.05) is 12.7 Å². The third kappa shape index (κ3) is 6.00. The Balaban J connectivity index is 1.64. The van der Waals surface area contributed by atoms with E-state index < -0.39 is 17.8 Å². The average molecular weight is 455 g/mol. The Morgan fingerprint density at radius 2 is 1.82 bits per heavy atom. The van der Waals surface area contributed by atoms with Crippen LogP contribution in [0.2, 0.25) is 0 Å². The maximum Gasteiger partial charge on any atom is 0.361 e. The van der Waals surface area contributed by atoms with E-state index >= 15 is 0 Å². The molecular weight excluding hydrogens is 430 g/mol. The summed E-state index contributed by atoms with van der Waals surface area (Å²) in [5.74, 6) is -0.626. The molecular formula is C23H25N3O7. The molecule has 1 N–H and O–H groups in total. The van der Waals surface area contributed by atoms with Gasteiger partial charge in [-0.3, -0.25) is 9.48 Å². The van der Waals surface area contributed by atoms with Crippen LogP contribution in [-0.4, -0.2) is 40.8 Å². The molecule has 33 heavy (non-hydrogen) atoms. The van der Waals surface area contributed by atoms with Gasteiger partial charge in [0.1, 0.15) is 18.1 Å². The van der Waals surface area contributed by atoms with Gasteiger partial charge >= 0.3 is 11.9 Å². The topological polar surface area (TPSA) is 122 Å². The Morgan fingerprint density at radius 3 is 2.45 bits per heavy atom. The monoisotopic (exact) mass is 455 g/mol. The van der Waals surface area contributed by atoms with Crippen LogP contribution in [0.15, 0.2) is 47.0 Å². The lowest BCUT2D eigenvalue weighted by Crippen LogP contribution is -2.17. The smallest absolute Gasteiger partial charge is 0.361 e. The zero-order valence-electron chi connectivity index (χ0n) is 18.8. The first kappa shape index (κ1) is 23.6. The minimum Gasteiger partial charge on any atom is -0.486 e. The molecule has 0 bridgehead atoms. The van der Waals surface area contributed by atoms with Crippen molar-refractivity contribution in [1.29, 1.82) is 0 Å². The number of esters is 2. The minimum atomic E-state index is -0.626. The van der Waals surface area contributed by atoms with Gasteiger partial charge in [0.15, 0.2) is 11.5 Å². The molecule has 0 saturated carbocycles. The quantitative estimate of drug-likeness (QED) is 0.485. The molecule has 10 heteroatoms. The van der Waals surface area contributed by atoms with Crippen molar-refractivity contribution in [2.75, 3.05) is 12.4 Å². The van der Waals surface area contributed by atoms with Crippen LogP contribution in [0.3, 0.4) is 0 Å². The van der Waals surface area contributed by atoms with Crippen LogP contribution in [0.25, 0.3) is 0 Å². The fourth-order valence-corrected chi connectivity index (χ4v) is 2.82. The van der Waals surface area contributed by atoms with E-state index in [1.807, 2.05) is 6.92 Å². The van der Waals surface area contributed by atoms with E-state index in [0.717, 1.165) is 0 Å². The van der Waals surface area contributed by atoms with Gasteiger partial charge in [-0.15, -0.1) is 0 Å². The summed E-state index contributed by atoms with van der Waals surface area (Å²) >= 11 is 0. The number of aromatic nitrogens is 2. The number of benzene rings is 1. The standard InChI is InChI=1S/C23H25N3O7/c1-5-26-12-18(20(25-26)23(29)32-14(2)3)24-21(27)19-11-10-17(33-19)13-31-16-8-6-15(7-9-16)22(28)30-4/h6-12,14H,5,13H2,1-4H3,(H,24,27). The molecule has 2 aromatic heterocycles. The number of aryl methyl sites for hydroxylation is 1. The molecule has 1 amide bonds. The Morgan fingerprint density at radius 1 is 1.09 bits per heavy atom. The number of hydrogen-bond donors (Lipinski definition) is 1. The predicted molar refractivity (Wildman–Crippen MR) is 117 cm³/mol. The number of rotatable bonds is 9. The Hall–Kier alpha value is -4.08. The number of carbonyl (C=O) groups excluding carboxylic acids is 3. The second-order valence-electron chi connectivity index (χ2n) is 7.23. The van der Waals surface area contributed by atoms with Crippen LogP contribution in [0.1, 0.15) is 57.9 Å². The van der Waals surface area contributed by atoms with Gasteiger partial charge in [0.25, 0.3) is 5.91 Å². The molecule has 0 atom stereocenters. The summed E-state index contributed by atoms with van der Waals surface area (Å²) in [5.41, 5.74) is 0.654. The van der Waals surface area contributed by atoms with E-state index in [2.05, 4.69) is 15.2 Å². The predicted octanol–water partition coefficient (Wildman–Crippen LogP) is 3.68. The van der Waals surface area contributed by atoms with Crippen molar-refractivity contribution >= 4 is 23.5 Å². The molecule has 0 spiro atoms. The molecule has 10 nitrogen and oxygen atoms in total. The number of amides is 1. The lowest BCUT2D eigenvalue weighted by molar-refractivity contribution is 0.0370. The Kier molecular flexibility index (Phi) is 7.50. The summed E-state index contributed by atoms with van der Waals surface area (Å²) in [6.45, 7) is 5.91. The molecule has 3 rings (SSSR count). The Labute approximate surface area is 190 Å². The van der Waals surface area contributed by atoms with Crippen molar-refractivity contribution in [2.24, 2.45) is 0 Å². The number of nitrogens with one attached hydrogen (secondary N) is 1. The average Bonchev–Trinajstić information content (AvgIpc) is 3.44. The van der Waals surface area contributed by atoms with Crippen LogP contribution in [0.5, 0.6) is 5.75 Å². The van der Waals surface area contributed by atoms with Crippen molar-refractivity contribution in [3.63, 3.8) is 0 Å². The van der Waals surface area contributed by atoms with E-state index in [1.165, 1.54) is 17.9 Å². The number of hydrogen-bond acceptors (Lipinski definition) is 8. The first-order chi connectivity index (χ1) is 15.8. The molecule has 3 aromatic rings. The molecule has 0 aliphatic rings. The molecule has 0 fully saturated rings. The summed E-state index contributed by atoms with van der Waals surface area (Å²) in [6, 6.07) is 9.55. The first-order valence-electron chi connectivity index (χ1n) is 10.3. The van der Waals surface area contributed by atoms with E-state index in [9.17, 15) is 14.4 Å². The highest BCUT2D eigenvalue weighted by Gasteiger charge is 2.22. The molecule has 174 valence electrons. The zero-order chi connectivity index (χ0) is 24.0. The van der Waals surface area contributed by atoms with E-state index in [4.69, 9.17) is 13.9 Å². The number of ether oxygens (including phenoxy) is 3. The van der Waals surface area contributed by atoms with Crippen molar-refractivity contribution in [2.45, 2.75) is 40.0 Å². The van der Waals surface area contributed by atoms with Crippen LogP contribution in [-0.2, 0) is 22.6 Å². The van der Waals surface area contributed by atoms with E-state index in [-0.39, 0.29) is 29.9 Å². The molecule has 0 aliphatic carbocycles. The summed E-state index contributed by atoms with van der Waals surface area (Å²) in [6.07, 6.45) is 1.23. The van der Waals surface area contributed by atoms with Gasteiger partial charge in [0.05, 0.1) is 24.5 Å². The molecule has 0 saturated heterocycles. The third-order valence-corrected chi connectivity index (χ3v) is 4.41. The van der Waals surface area contributed by atoms with Crippen molar-refractivity contribution in [1.82, 2.24) is 9.78 Å². The molecule has 1 aromatic carbocycles. The fourth-order valence-electron chi connectivity index (χ4n) is 2.82. The van der Waals surface area contributed by atoms with Crippen molar-refractivity contribution in [3.05, 3.63) is 65.4 Å². The normalized spacial score (nSPS) is 10.7. The lowest BCUT2D eigenvalue weighted by atomic mass is 10.2. The van der Waals surface area contributed by atoms with E-state index in [0.29, 0.717) is 23.6 Å². The van der Waals surface area contributed by atoms with Gasteiger partial charge in [-0.1, -0.05) is 0 Å². The second-order valence-corrected chi connectivity index (χ2v) is 7.23. The van der Waals surface area contributed by atoms with E-state index in [1.54, 1.807) is 50.4 Å². The third-order valence-electron chi connectivity index (χ3n) is 4.41. The Bertz CT molecular complexity index is 1130. The van der Waals surface area contributed by atoms with Gasteiger partial charge in [-0.05, 0) is 57.2 Å². The van der Waals surface area contributed by atoms with Gasteiger partial charge in [0.2, 0.25) is 0 Å². The maximum atomic E-state index is 12.6. The van der Waals surface area contributed by atoms with Gasteiger partial charge in [-0.25, -0.2) is 9.59 Å².